The quantitative estimate of drug-likeness (QED) is 0.815. The van der Waals surface area contributed by atoms with Crippen molar-refractivity contribution in [2.75, 3.05) is 19.0 Å². The Kier molecular flexibility index (Phi) is 5.00. The number of benzene rings is 1. The van der Waals surface area contributed by atoms with Crippen LogP contribution in [0.5, 0.6) is 11.5 Å². The summed E-state index contributed by atoms with van der Waals surface area (Å²) in [5.41, 5.74) is 0.931. The van der Waals surface area contributed by atoms with E-state index >= 15 is 0 Å². The Hall–Kier alpha value is -2.02. The van der Waals surface area contributed by atoms with E-state index in [0.29, 0.717) is 35.6 Å². The van der Waals surface area contributed by atoms with E-state index in [-0.39, 0.29) is 0 Å². The van der Waals surface area contributed by atoms with Crippen LogP contribution >= 0.6 is 11.6 Å². The molecule has 8 heteroatoms. The Morgan fingerprint density at radius 3 is 2.90 bits per heavy atom. The van der Waals surface area contributed by atoms with Crippen molar-refractivity contribution in [3.63, 3.8) is 0 Å². The van der Waals surface area contributed by atoms with Gasteiger partial charge in [-0.15, -0.1) is 5.10 Å². The summed E-state index contributed by atoms with van der Waals surface area (Å²) in [6, 6.07) is 3.69. The second kappa shape index (κ2) is 6.95. The molecule has 20 heavy (non-hydrogen) atoms. The molecule has 0 saturated heterocycles. The van der Waals surface area contributed by atoms with Gasteiger partial charge in [0.2, 0.25) is 0 Å². The number of aromatic amines is 1. The standard InChI is InChI=1S/C12H16ClN5O2/c1-3-4-20-11-9(13)5-8(6-10(11)19-2)7-14-12-15-17-18-16-12/h5-6H,3-4,7H2,1-2H3,(H2,14,15,16,17,18). The van der Waals surface area contributed by atoms with Crippen LogP contribution < -0.4 is 14.8 Å². The molecule has 0 atom stereocenters. The van der Waals surface area contributed by atoms with Crippen molar-refractivity contribution in [2.45, 2.75) is 19.9 Å². The van der Waals surface area contributed by atoms with Crippen molar-refractivity contribution in [2.24, 2.45) is 0 Å². The van der Waals surface area contributed by atoms with Gasteiger partial charge in [-0.3, -0.25) is 0 Å². The Morgan fingerprint density at radius 1 is 1.40 bits per heavy atom. The summed E-state index contributed by atoms with van der Waals surface area (Å²) in [4.78, 5) is 0. The van der Waals surface area contributed by atoms with E-state index in [4.69, 9.17) is 21.1 Å². The molecule has 0 unspecified atom stereocenters. The number of aromatic nitrogens is 4. The van der Waals surface area contributed by atoms with Crippen LogP contribution in [0.25, 0.3) is 0 Å². The number of tetrazole rings is 1. The Bertz CT molecular complexity index is 547. The third kappa shape index (κ3) is 3.51. The average Bonchev–Trinajstić information content (AvgIpc) is 2.96. The summed E-state index contributed by atoms with van der Waals surface area (Å²) < 4.78 is 10.9. The average molecular weight is 298 g/mol. The SMILES string of the molecule is CCCOc1c(Cl)cc(CNc2nn[nH]n2)cc1OC. The zero-order valence-electron chi connectivity index (χ0n) is 11.3. The number of hydrogen-bond acceptors (Lipinski definition) is 6. The monoisotopic (exact) mass is 297 g/mol. The van der Waals surface area contributed by atoms with Crippen molar-refractivity contribution >= 4 is 17.5 Å². The molecule has 0 bridgehead atoms. The Morgan fingerprint density at radius 2 is 2.25 bits per heavy atom. The van der Waals surface area contributed by atoms with Crippen molar-refractivity contribution in [3.05, 3.63) is 22.7 Å². The molecule has 2 N–H and O–H groups in total. The van der Waals surface area contributed by atoms with Gasteiger partial charge in [-0.05, 0) is 29.3 Å². The molecule has 1 heterocycles. The molecule has 7 nitrogen and oxygen atoms in total. The van der Waals surface area contributed by atoms with Gasteiger partial charge in [-0.25, -0.2) is 0 Å². The number of halogens is 1. The van der Waals surface area contributed by atoms with Gasteiger partial charge in [0.25, 0.3) is 5.95 Å². The van der Waals surface area contributed by atoms with Gasteiger partial charge in [0.1, 0.15) is 0 Å². The predicted molar refractivity (Wildman–Crippen MR) is 75.3 cm³/mol. The van der Waals surface area contributed by atoms with E-state index < -0.39 is 0 Å². The molecule has 1 aromatic heterocycles. The first kappa shape index (κ1) is 14.4. The number of rotatable bonds is 7. The van der Waals surface area contributed by atoms with E-state index in [0.717, 1.165) is 12.0 Å². The first-order valence-electron chi connectivity index (χ1n) is 6.21. The van der Waals surface area contributed by atoms with Crippen LogP contribution in [0.15, 0.2) is 12.1 Å². The van der Waals surface area contributed by atoms with Crippen LogP contribution in [0.3, 0.4) is 0 Å². The second-order valence-electron chi connectivity index (χ2n) is 4.05. The van der Waals surface area contributed by atoms with Crippen LogP contribution in [0.4, 0.5) is 5.95 Å². The highest BCUT2D eigenvalue weighted by atomic mass is 35.5. The van der Waals surface area contributed by atoms with Gasteiger partial charge >= 0.3 is 0 Å². The lowest BCUT2D eigenvalue weighted by Crippen LogP contribution is -2.03. The van der Waals surface area contributed by atoms with Crippen LogP contribution in [-0.2, 0) is 6.54 Å². The highest BCUT2D eigenvalue weighted by Crippen LogP contribution is 2.36. The molecule has 0 spiro atoms. The highest BCUT2D eigenvalue weighted by molar-refractivity contribution is 6.32. The predicted octanol–water partition coefficient (Wildman–Crippen LogP) is 2.26. The number of ether oxygens (including phenoxy) is 2. The van der Waals surface area contributed by atoms with Crippen LogP contribution in [-0.4, -0.2) is 34.3 Å². The third-order valence-electron chi connectivity index (χ3n) is 2.54. The number of hydrogen-bond donors (Lipinski definition) is 2. The lowest BCUT2D eigenvalue weighted by molar-refractivity contribution is 0.294. The molecule has 0 aliphatic heterocycles. The van der Waals surface area contributed by atoms with Gasteiger partial charge in [0.05, 0.1) is 18.7 Å². The number of nitrogens with one attached hydrogen (secondary N) is 2. The summed E-state index contributed by atoms with van der Waals surface area (Å²) in [5.74, 6) is 1.60. The summed E-state index contributed by atoms with van der Waals surface area (Å²) in [6.07, 6.45) is 0.903. The number of methoxy groups -OCH3 is 1. The number of H-pyrrole nitrogens is 1. The molecule has 0 saturated carbocycles. The lowest BCUT2D eigenvalue weighted by Gasteiger charge is -2.13. The van der Waals surface area contributed by atoms with Gasteiger partial charge in [-0.2, -0.15) is 5.21 Å². The Labute approximate surface area is 121 Å². The second-order valence-corrected chi connectivity index (χ2v) is 4.45. The first-order chi connectivity index (χ1) is 9.74. The summed E-state index contributed by atoms with van der Waals surface area (Å²) in [7, 11) is 1.58. The minimum atomic E-state index is 0.423. The molecule has 0 aliphatic carbocycles. The van der Waals surface area contributed by atoms with Crippen LogP contribution in [0, 0.1) is 0 Å². The van der Waals surface area contributed by atoms with Gasteiger partial charge < -0.3 is 14.8 Å². The molecular formula is C12H16ClN5O2. The third-order valence-corrected chi connectivity index (χ3v) is 2.82. The first-order valence-corrected chi connectivity index (χ1v) is 6.59. The minimum Gasteiger partial charge on any atom is -0.493 e. The fourth-order valence-electron chi connectivity index (χ4n) is 1.64. The molecule has 1 aromatic carbocycles. The van der Waals surface area contributed by atoms with Gasteiger partial charge in [-0.1, -0.05) is 23.6 Å². The number of anilines is 1. The zero-order chi connectivity index (χ0) is 14.4. The maximum absolute atomic E-state index is 6.23. The highest BCUT2D eigenvalue weighted by Gasteiger charge is 2.12. The fraction of sp³-hybridized carbons (Fsp3) is 0.417. The zero-order valence-corrected chi connectivity index (χ0v) is 12.1. The maximum atomic E-state index is 6.23. The molecule has 0 fully saturated rings. The van der Waals surface area contributed by atoms with Gasteiger partial charge in [0.15, 0.2) is 11.5 Å². The molecule has 108 valence electrons. The molecular weight excluding hydrogens is 282 g/mol. The summed E-state index contributed by atoms with van der Waals surface area (Å²) in [6.45, 7) is 3.13. The molecule has 2 rings (SSSR count). The van der Waals surface area contributed by atoms with Crippen molar-refractivity contribution in [1.82, 2.24) is 20.6 Å². The lowest BCUT2D eigenvalue weighted by atomic mass is 10.2. The number of nitrogens with zero attached hydrogens (tertiary/aromatic N) is 3. The van der Waals surface area contributed by atoms with Crippen molar-refractivity contribution < 1.29 is 9.47 Å². The van der Waals surface area contributed by atoms with Crippen molar-refractivity contribution in [3.8, 4) is 11.5 Å². The van der Waals surface area contributed by atoms with E-state index in [9.17, 15) is 0 Å². The van der Waals surface area contributed by atoms with Crippen LogP contribution in [0.1, 0.15) is 18.9 Å². The summed E-state index contributed by atoms with van der Waals surface area (Å²) >= 11 is 6.23. The summed E-state index contributed by atoms with van der Waals surface area (Å²) in [5, 5.41) is 17.0. The fourth-order valence-corrected chi connectivity index (χ4v) is 1.93. The topological polar surface area (TPSA) is 85.0 Å². The smallest absolute Gasteiger partial charge is 0.263 e. The van der Waals surface area contributed by atoms with E-state index in [1.807, 2.05) is 19.1 Å². The largest absolute Gasteiger partial charge is 0.493 e. The molecule has 0 radical (unpaired) electrons. The molecule has 0 aliphatic rings. The Balaban J connectivity index is 2.12. The normalized spacial score (nSPS) is 10.3. The maximum Gasteiger partial charge on any atom is 0.263 e. The molecule has 2 aromatic rings. The van der Waals surface area contributed by atoms with E-state index in [2.05, 4.69) is 25.9 Å². The van der Waals surface area contributed by atoms with E-state index in [1.54, 1.807) is 7.11 Å². The van der Waals surface area contributed by atoms with Gasteiger partial charge in [0, 0.05) is 6.54 Å². The van der Waals surface area contributed by atoms with Crippen LogP contribution in [0.2, 0.25) is 5.02 Å². The molecule has 0 amide bonds. The van der Waals surface area contributed by atoms with Crippen molar-refractivity contribution in [1.29, 1.82) is 0 Å². The van der Waals surface area contributed by atoms with E-state index in [1.165, 1.54) is 0 Å². The minimum absolute atomic E-state index is 0.423.